The van der Waals surface area contributed by atoms with E-state index in [9.17, 15) is 9.59 Å². The Labute approximate surface area is 186 Å². The van der Waals surface area contributed by atoms with E-state index >= 15 is 0 Å². The summed E-state index contributed by atoms with van der Waals surface area (Å²) < 4.78 is 17.6. The summed E-state index contributed by atoms with van der Waals surface area (Å²) in [5.41, 5.74) is 0.929. The summed E-state index contributed by atoms with van der Waals surface area (Å²) >= 11 is 5.77. The van der Waals surface area contributed by atoms with E-state index in [2.05, 4.69) is 15.6 Å². The first-order chi connectivity index (χ1) is 14.8. The molecule has 2 heterocycles. The molecule has 2 aromatic rings. The molecule has 2 amide bonds. The van der Waals surface area contributed by atoms with Gasteiger partial charge in [0.1, 0.15) is 17.4 Å². The van der Waals surface area contributed by atoms with Gasteiger partial charge >= 0.3 is 0 Å². The van der Waals surface area contributed by atoms with Crippen molar-refractivity contribution < 1.29 is 23.8 Å². The molecule has 9 heteroatoms. The molecular formula is C22H26ClN3O5. The van der Waals surface area contributed by atoms with Crippen molar-refractivity contribution in [2.45, 2.75) is 31.8 Å². The highest BCUT2D eigenvalue weighted by atomic mass is 35.5. The third-order valence-electron chi connectivity index (χ3n) is 4.67. The maximum atomic E-state index is 12.5. The van der Waals surface area contributed by atoms with Crippen LogP contribution in [0.3, 0.4) is 0 Å². The van der Waals surface area contributed by atoms with E-state index in [4.69, 9.17) is 25.8 Å². The molecule has 0 bridgehead atoms. The Hall–Kier alpha value is -2.52. The monoisotopic (exact) mass is 447 g/mol. The molecule has 31 heavy (non-hydrogen) atoms. The zero-order valence-electron chi connectivity index (χ0n) is 17.5. The van der Waals surface area contributed by atoms with Crippen molar-refractivity contribution >= 4 is 23.4 Å². The van der Waals surface area contributed by atoms with E-state index in [0.29, 0.717) is 29.5 Å². The maximum absolute atomic E-state index is 12.5. The summed E-state index contributed by atoms with van der Waals surface area (Å²) in [6.07, 6.45) is 0.358. The lowest BCUT2D eigenvalue weighted by Gasteiger charge is -2.37. The van der Waals surface area contributed by atoms with Gasteiger partial charge in [0.15, 0.2) is 5.79 Å². The van der Waals surface area contributed by atoms with Crippen LogP contribution >= 0.6 is 11.6 Å². The Morgan fingerprint density at radius 1 is 1.00 bits per heavy atom. The molecule has 0 saturated carbocycles. The lowest BCUT2D eigenvalue weighted by molar-refractivity contribution is -0.277. The molecule has 0 radical (unpaired) electrons. The molecule has 1 aromatic carbocycles. The van der Waals surface area contributed by atoms with Gasteiger partial charge in [0.25, 0.3) is 11.8 Å². The molecule has 166 valence electrons. The first-order valence-electron chi connectivity index (χ1n) is 10.0. The number of halogens is 1. The van der Waals surface area contributed by atoms with Gasteiger partial charge < -0.3 is 24.8 Å². The fraction of sp³-hybridized carbons (Fsp3) is 0.409. The van der Waals surface area contributed by atoms with E-state index in [-0.39, 0.29) is 24.9 Å². The molecule has 8 nitrogen and oxygen atoms in total. The number of amides is 2. The predicted octanol–water partition coefficient (Wildman–Crippen LogP) is 2.43. The summed E-state index contributed by atoms with van der Waals surface area (Å²) in [7, 11) is 0. The van der Waals surface area contributed by atoms with Crippen LogP contribution in [-0.2, 0) is 14.2 Å². The number of carbonyl (C=O) groups is 2. The topological polar surface area (TPSA) is 98.8 Å². The zero-order valence-corrected chi connectivity index (χ0v) is 18.2. The second kappa shape index (κ2) is 10.7. The number of nitrogens with one attached hydrogen (secondary N) is 2. The van der Waals surface area contributed by atoms with Gasteiger partial charge in [-0.3, -0.25) is 9.59 Å². The number of benzene rings is 1. The fourth-order valence-corrected chi connectivity index (χ4v) is 3.23. The molecule has 0 aliphatic carbocycles. The molecule has 0 unspecified atom stereocenters. The Morgan fingerprint density at radius 3 is 2.35 bits per heavy atom. The number of hydrogen-bond donors (Lipinski definition) is 2. The SMILES string of the molecule is CC1(C)OCCO[C@H](CNC(=O)c2ccc(Cl)nc2)[C@H](CNC(=O)c2ccccc2)O1. The highest BCUT2D eigenvalue weighted by Gasteiger charge is 2.33. The lowest BCUT2D eigenvalue weighted by atomic mass is 10.1. The Morgan fingerprint density at radius 2 is 1.68 bits per heavy atom. The van der Waals surface area contributed by atoms with Crippen molar-refractivity contribution in [2.75, 3.05) is 26.3 Å². The van der Waals surface area contributed by atoms with Crippen LogP contribution in [0, 0.1) is 0 Å². The number of rotatable bonds is 6. The predicted molar refractivity (Wildman–Crippen MR) is 115 cm³/mol. The van der Waals surface area contributed by atoms with E-state index in [1.165, 1.54) is 6.20 Å². The largest absolute Gasteiger partial charge is 0.371 e. The van der Waals surface area contributed by atoms with Crippen LogP contribution in [0.25, 0.3) is 0 Å². The van der Waals surface area contributed by atoms with E-state index in [1.54, 1.807) is 50.2 Å². The van der Waals surface area contributed by atoms with Crippen LogP contribution in [0.5, 0.6) is 0 Å². The minimum Gasteiger partial charge on any atom is -0.371 e. The summed E-state index contributed by atoms with van der Waals surface area (Å²) in [5.74, 6) is -1.40. The number of carbonyl (C=O) groups excluding carboxylic acids is 2. The average molecular weight is 448 g/mol. The maximum Gasteiger partial charge on any atom is 0.252 e. The lowest BCUT2D eigenvalue weighted by Crippen LogP contribution is -2.52. The standard InChI is InChI=1S/C22H26ClN3O5/c1-22(2)30-11-10-29-17(13-25-21(28)16-8-9-19(23)24-12-16)18(31-22)14-26-20(27)15-6-4-3-5-7-15/h3-9,12,17-18H,10-11,13-14H2,1-2H3,(H,25,28)(H,26,27)/t17-,18+/m1/s1. The average Bonchev–Trinajstić information content (AvgIpc) is 2.75. The highest BCUT2D eigenvalue weighted by Crippen LogP contribution is 2.20. The van der Waals surface area contributed by atoms with Crippen LogP contribution in [-0.4, -0.2) is 61.1 Å². The number of ether oxygens (including phenoxy) is 3. The molecule has 1 aliphatic rings. The van der Waals surface area contributed by atoms with Gasteiger partial charge in [-0.2, -0.15) is 0 Å². The van der Waals surface area contributed by atoms with Gasteiger partial charge in [-0.1, -0.05) is 29.8 Å². The van der Waals surface area contributed by atoms with Gasteiger partial charge in [0, 0.05) is 24.8 Å². The van der Waals surface area contributed by atoms with Crippen LogP contribution in [0.2, 0.25) is 5.15 Å². The number of hydrogen-bond acceptors (Lipinski definition) is 6. The number of aromatic nitrogens is 1. The Kier molecular flexibility index (Phi) is 7.97. The fourth-order valence-electron chi connectivity index (χ4n) is 3.12. The second-order valence-electron chi connectivity index (χ2n) is 7.47. The first-order valence-corrected chi connectivity index (χ1v) is 10.4. The van der Waals surface area contributed by atoms with Gasteiger partial charge in [-0.15, -0.1) is 0 Å². The minimum absolute atomic E-state index is 0.184. The summed E-state index contributed by atoms with van der Waals surface area (Å²) in [6, 6.07) is 12.0. The van der Waals surface area contributed by atoms with Crippen molar-refractivity contribution in [3.8, 4) is 0 Å². The van der Waals surface area contributed by atoms with Crippen molar-refractivity contribution in [1.29, 1.82) is 0 Å². The first kappa shape index (κ1) is 23.1. The quantitative estimate of drug-likeness (QED) is 0.660. The second-order valence-corrected chi connectivity index (χ2v) is 7.86. The van der Waals surface area contributed by atoms with E-state index in [1.807, 2.05) is 6.07 Å². The van der Waals surface area contributed by atoms with Crippen LogP contribution in [0.1, 0.15) is 34.6 Å². The molecule has 1 fully saturated rings. The van der Waals surface area contributed by atoms with E-state index < -0.39 is 18.0 Å². The zero-order chi connectivity index (χ0) is 22.3. The van der Waals surface area contributed by atoms with Crippen molar-refractivity contribution in [1.82, 2.24) is 15.6 Å². The van der Waals surface area contributed by atoms with Crippen molar-refractivity contribution in [3.63, 3.8) is 0 Å². The van der Waals surface area contributed by atoms with Gasteiger partial charge in [0.05, 0.1) is 18.8 Å². The minimum atomic E-state index is -0.867. The molecule has 0 spiro atoms. The third-order valence-corrected chi connectivity index (χ3v) is 4.89. The normalized spacial score (nSPS) is 20.9. The van der Waals surface area contributed by atoms with Crippen molar-refractivity contribution in [2.24, 2.45) is 0 Å². The number of pyridine rings is 1. The third kappa shape index (κ3) is 7.00. The highest BCUT2D eigenvalue weighted by molar-refractivity contribution is 6.29. The molecule has 2 atom stereocenters. The van der Waals surface area contributed by atoms with Crippen LogP contribution < -0.4 is 10.6 Å². The van der Waals surface area contributed by atoms with Gasteiger partial charge in [-0.25, -0.2) is 4.98 Å². The summed E-state index contributed by atoms with van der Waals surface area (Å²) in [4.78, 5) is 28.8. The molecule has 1 aliphatic heterocycles. The van der Waals surface area contributed by atoms with E-state index in [0.717, 1.165) is 0 Å². The molecule has 1 aromatic heterocycles. The molecule has 1 saturated heterocycles. The van der Waals surface area contributed by atoms with Gasteiger partial charge in [-0.05, 0) is 38.1 Å². The molecular weight excluding hydrogens is 422 g/mol. The van der Waals surface area contributed by atoms with Crippen molar-refractivity contribution in [3.05, 3.63) is 64.9 Å². The van der Waals surface area contributed by atoms with Crippen LogP contribution in [0.15, 0.2) is 48.7 Å². The smallest absolute Gasteiger partial charge is 0.252 e. The molecule has 2 N–H and O–H groups in total. The summed E-state index contributed by atoms with van der Waals surface area (Å²) in [6.45, 7) is 4.66. The Balaban J connectivity index is 1.65. The summed E-state index contributed by atoms with van der Waals surface area (Å²) in [5, 5.41) is 6.02. The number of nitrogens with zero attached hydrogens (tertiary/aromatic N) is 1. The van der Waals surface area contributed by atoms with Crippen LogP contribution in [0.4, 0.5) is 0 Å². The van der Waals surface area contributed by atoms with Gasteiger partial charge in [0.2, 0.25) is 0 Å². The Bertz CT molecular complexity index is 876. The molecule has 3 rings (SSSR count).